The van der Waals surface area contributed by atoms with Gasteiger partial charge in [-0.25, -0.2) is 0 Å². The Morgan fingerprint density at radius 2 is 0.545 bits per heavy atom. The maximum absolute atomic E-state index is 12.8. The third-order valence-electron chi connectivity index (χ3n) is 13.2. The largest absolute Gasteiger partial charge is 0.462 e. The first-order valence-corrected chi connectivity index (χ1v) is 31.7. The SMILES string of the molecule is CC/C=C\C/C=C\C/C=C\C/C=C\C/C=C\CC(=O)OC(COC(=O)CCCCCCC/C=C\C/C=C\C/C=C\CC)COC(=O)CCCCCCCCCCCCCCCC/C=C\C/C=C\C/C=C\CCCCCCC. The average Bonchev–Trinajstić information content (AvgIpc) is 3.43. The summed E-state index contributed by atoms with van der Waals surface area (Å²) in [5.74, 6) is -1.07. The highest BCUT2D eigenvalue weighted by Gasteiger charge is 2.19. The highest BCUT2D eigenvalue weighted by atomic mass is 16.6. The summed E-state index contributed by atoms with van der Waals surface area (Å²) in [6.45, 7) is 6.31. The first-order chi connectivity index (χ1) is 38.0. The molecule has 0 aromatic rings. The van der Waals surface area contributed by atoms with Crippen LogP contribution in [0.3, 0.4) is 0 Å². The van der Waals surface area contributed by atoms with E-state index in [-0.39, 0.29) is 31.6 Å². The fourth-order valence-electron chi connectivity index (χ4n) is 8.48. The predicted octanol–water partition coefficient (Wildman–Crippen LogP) is 21.8. The zero-order valence-electron chi connectivity index (χ0n) is 49.9. The van der Waals surface area contributed by atoms with Crippen LogP contribution in [0.15, 0.2) is 134 Å². The molecule has 0 radical (unpaired) electrons. The van der Waals surface area contributed by atoms with Crippen molar-refractivity contribution in [2.24, 2.45) is 0 Å². The third-order valence-corrected chi connectivity index (χ3v) is 13.2. The Hall–Kier alpha value is -4.45. The molecule has 0 spiro atoms. The van der Waals surface area contributed by atoms with E-state index < -0.39 is 12.1 Å². The second-order valence-electron chi connectivity index (χ2n) is 20.6. The highest BCUT2D eigenvalue weighted by Crippen LogP contribution is 2.15. The minimum Gasteiger partial charge on any atom is -0.462 e. The molecule has 0 saturated heterocycles. The van der Waals surface area contributed by atoms with Crippen LogP contribution < -0.4 is 0 Å². The van der Waals surface area contributed by atoms with E-state index >= 15 is 0 Å². The molecule has 0 saturated carbocycles. The summed E-state index contributed by atoms with van der Waals surface area (Å²) in [6, 6.07) is 0. The number of hydrogen-bond donors (Lipinski definition) is 0. The summed E-state index contributed by atoms with van der Waals surface area (Å²) in [5.41, 5.74) is 0. The molecule has 1 atom stereocenters. The van der Waals surface area contributed by atoms with Crippen molar-refractivity contribution in [3.05, 3.63) is 134 Å². The molecule has 0 aliphatic rings. The van der Waals surface area contributed by atoms with Crippen LogP contribution in [0.2, 0.25) is 0 Å². The lowest BCUT2D eigenvalue weighted by atomic mass is 10.0. The molecule has 0 N–H and O–H groups in total. The van der Waals surface area contributed by atoms with Gasteiger partial charge in [0.25, 0.3) is 0 Å². The molecule has 0 aliphatic carbocycles. The van der Waals surface area contributed by atoms with Crippen LogP contribution in [-0.4, -0.2) is 37.2 Å². The van der Waals surface area contributed by atoms with Gasteiger partial charge >= 0.3 is 17.9 Å². The zero-order chi connectivity index (χ0) is 55.7. The Morgan fingerprint density at radius 3 is 0.857 bits per heavy atom. The molecule has 77 heavy (non-hydrogen) atoms. The van der Waals surface area contributed by atoms with Crippen LogP contribution in [-0.2, 0) is 28.6 Å². The second kappa shape index (κ2) is 64.1. The molecule has 0 aliphatic heterocycles. The van der Waals surface area contributed by atoms with Crippen LogP contribution in [0.4, 0.5) is 0 Å². The van der Waals surface area contributed by atoms with E-state index in [0.717, 1.165) is 116 Å². The van der Waals surface area contributed by atoms with Gasteiger partial charge in [0.1, 0.15) is 13.2 Å². The number of allylic oxidation sites excluding steroid dienone is 21. The lowest BCUT2D eigenvalue weighted by molar-refractivity contribution is -0.166. The summed E-state index contributed by atoms with van der Waals surface area (Å²) >= 11 is 0. The molecular weight excluding hydrogens is 949 g/mol. The summed E-state index contributed by atoms with van der Waals surface area (Å²) < 4.78 is 16.8. The lowest BCUT2D eigenvalue weighted by Gasteiger charge is -2.18. The Labute approximate surface area is 475 Å². The molecule has 1 unspecified atom stereocenters. The highest BCUT2D eigenvalue weighted by molar-refractivity contribution is 5.72. The van der Waals surface area contributed by atoms with Crippen molar-refractivity contribution in [1.82, 2.24) is 0 Å². The van der Waals surface area contributed by atoms with Gasteiger partial charge in [-0.1, -0.05) is 276 Å². The first kappa shape index (κ1) is 72.5. The first-order valence-electron chi connectivity index (χ1n) is 31.7. The molecule has 0 fully saturated rings. The Morgan fingerprint density at radius 1 is 0.286 bits per heavy atom. The van der Waals surface area contributed by atoms with E-state index in [1.54, 1.807) is 6.08 Å². The van der Waals surface area contributed by atoms with Crippen molar-refractivity contribution in [1.29, 1.82) is 0 Å². The van der Waals surface area contributed by atoms with Gasteiger partial charge in [-0.05, 0) is 116 Å². The summed E-state index contributed by atoms with van der Waals surface area (Å²) in [6.07, 6.45) is 90.6. The van der Waals surface area contributed by atoms with Crippen molar-refractivity contribution in [2.45, 2.75) is 284 Å². The van der Waals surface area contributed by atoms with Crippen LogP contribution in [0.1, 0.15) is 278 Å². The topological polar surface area (TPSA) is 78.9 Å². The third kappa shape index (κ3) is 62.3. The van der Waals surface area contributed by atoms with Crippen LogP contribution in [0.25, 0.3) is 0 Å². The van der Waals surface area contributed by atoms with Crippen molar-refractivity contribution >= 4 is 17.9 Å². The molecule has 0 bridgehead atoms. The standard InChI is InChI=1S/C71H116O6/c1-4-7-10-13-16-19-22-25-28-29-30-31-32-33-34-35-36-37-38-39-40-41-44-46-49-52-55-58-61-64-70(73)76-67-68(77-71(74)65-62-59-56-53-50-47-43-27-24-21-18-15-12-9-6-3)66-75-69(72)63-60-57-54-51-48-45-42-26-23-20-17-14-11-8-5-2/h8-9,11-12,17-18,20-22,25-27,29-30,32-33,42-43,50,53,59,62,68H,4-7,10,13-16,19,23-24,28,31,34-41,44-49,51-52,54-58,60-61,63-67H2,1-3H3/b11-8-,12-9-,20-17-,21-18-,25-22-,30-29-,33-32-,42-26-,43-27-,53-50-,62-59-. The minimum absolute atomic E-state index is 0.0885. The molecular formula is C71H116O6. The molecule has 0 rings (SSSR count). The van der Waals surface area contributed by atoms with Gasteiger partial charge in [-0.3, -0.25) is 14.4 Å². The molecule has 0 heterocycles. The minimum atomic E-state index is -0.845. The van der Waals surface area contributed by atoms with E-state index in [1.807, 2.05) is 6.08 Å². The lowest BCUT2D eigenvalue weighted by Crippen LogP contribution is -2.30. The zero-order valence-corrected chi connectivity index (χ0v) is 49.9. The van der Waals surface area contributed by atoms with E-state index in [4.69, 9.17) is 14.2 Å². The summed E-state index contributed by atoms with van der Waals surface area (Å²) in [5, 5.41) is 0. The molecule has 0 aromatic carbocycles. The van der Waals surface area contributed by atoms with Gasteiger partial charge in [-0.2, -0.15) is 0 Å². The summed E-state index contributed by atoms with van der Waals surface area (Å²) in [7, 11) is 0. The smallest absolute Gasteiger partial charge is 0.310 e. The van der Waals surface area contributed by atoms with Crippen molar-refractivity contribution in [2.75, 3.05) is 13.2 Å². The molecule has 436 valence electrons. The van der Waals surface area contributed by atoms with Crippen LogP contribution in [0.5, 0.6) is 0 Å². The van der Waals surface area contributed by atoms with Gasteiger partial charge < -0.3 is 14.2 Å². The number of hydrogen-bond acceptors (Lipinski definition) is 6. The number of carbonyl (C=O) groups excluding carboxylic acids is 3. The Bertz CT molecular complexity index is 1650. The maximum atomic E-state index is 12.8. The van der Waals surface area contributed by atoms with Crippen molar-refractivity contribution in [3.8, 4) is 0 Å². The molecule has 0 aromatic heterocycles. The van der Waals surface area contributed by atoms with Crippen LogP contribution in [0, 0.1) is 0 Å². The second-order valence-corrected chi connectivity index (χ2v) is 20.6. The fraction of sp³-hybridized carbons (Fsp3) is 0.648. The quantitative estimate of drug-likeness (QED) is 0.0261. The van der Waals surface area contributed by atoms with E-state index in [0.29, 0.717) is 19.3 Å². The van der Waals surface area contributed by atoms with Gasteiger partial charge in [0.05, 0.1) is 6.42 Å². The van der Waals surface area contributed by atoms with Crippen molar-refractivity contribution < 1.29 is 28.6 Å². The van der Waals surface area contributed by atoms with E-state index in [1.165, 1.54) is 116 Å². The molecule has 6 heteroatoms. The molecule has 0 amide bonds. The normalized spacial score (nSPS) is 13.0. The Kier molecular flexibility index (Phi) is 60.4. The number of esters is 3. The van der Waals surface area contributed by atoms with Crippen LogP contribution >= 0.6 is 0 Å². The number of rotatable bonds is 56. The maximum Gasteiger partial charge on any atom is 0.310 e. The number of unbranched alkanes of at least 4 members (excludes halogenated alkanes) is 24. The van der Waals surface area contributed by atoms with Crippen molar-refractivity contribution in [3.63, 3.8) is 0 Å². The summed E-state index contributed by atoms with van der Waals surface area (Å²) in [4.78, 5) is 38.2. The number of carbonyl (C=O) groups is 3. The van der Waals surface area contributed by atoms with Gasteiger partial charge in [0, 0.05) is 12.8 Å². The molecule has 6 nitrogen and oxygen atoms in total. The van der Waals surface area contributed by atoms with Gasteiger partial charge in [0.15, 0.2) is 6.10 Å². The van der Waals surface area contributed by atoms with Gasteiger partial charge in [0.2, 0.25) is 0 Å². The van der Waals surface area contributed by atoms with E-state index in [9.17, 15) is 14.4 Å². The predicted molar refractivity (Wildman–Crippen MR) is 334 cm³/mol. The average molecular weight is 1070 g/mol. The number of ether oxygens (including phenoxy) is 3. The monoisotopic (exact) mass is 1060 g/mol. The fourth-order valence-corrected chi connectivity index (χ4v) is 8.48. The Balaban J connectivity index is 4.34. The van der Waals surface area contributed by atoms with E-state index in [2.05, 4.69) is 142 Å². The van der Waals surface area contributed by atoms with Gasteiger partial charge in [-0.15, -0.1) is 0 Å².